The van der Waals surface area contributed by atoms with E-state index in [9.17, 15) is 9.59 Å². The Kier molecular flexibility index (Phi) is 8.56. The number of hydrogen-bond donors (Lipinski definition) is 3. The largest absolute Gasteiger partial charge is 0.355 e. The summed E-state index contributed by atoms with van der Waals surface area (Å²) in [5, 5.41) is 8.11. The molecule has 0 aliphatic rings. The number of carbonyl (C=O) groups excluding carboxylic acids is 2. The van der Waals surface area contributed by atoms with Gasteiger partial charge in [-0.2, -0.15) is 0 Å². The Morgan fingerprint density at radius 1 is 0.657 bits per heavy atom. The van der Waals surface area contributed by atoms with Gasteiger partial charge in [-0.25, -0.2) is 0 Å². The van der Waals surface area contributed by atoms with E-state index in [0.717, 1.165) is 33.2 Å². The molecule has 0 aliphatic carbocycles. The third-order valence-electron chi connectivity index (χ3n) is 6.47. The maximum absolute atomic E-state index is 12.7. The highest BCUT2D eigenvalue weighted by Gasteiger charge is 2.19. The maximum atomic E-state index is 12.7. The lowest BCUT2D eigenvalue weighted by molar-refractivity contribution is -0.119. The van der Waals surface area contributed by atoms with Crippen LogP contribution in [0.3, 0.4) is 0 Å². The summed E-state index contributed by atoms with van der Waals surface area (Å²) in [6.07, 6.45) is 0. The molecule has 2 amide bonds. The number of anilines is 2. The number of amides is 2. The number of aromatic amines is 1. The smallest absolute Gasteiger partial charge is 0.238 e. The summed E-state index contributed by atoms with van der Waals surface area (Å²) >= 11 is 0. The van der Waals surface area contributed by atoms with Crippen molar-refractivity contribution in [3.63, 3.8) is 0 Å². The number of H-pyrrole nitrogens is 1. The van der Waals surface area contributed by atoms with Crippen LogP contribution in [0.25, 0.3) is 21.8 Å². The first-order valence-electron chi connectivity index (χ1n) is 12.6. The zero-order valence-corrected chi connectivity index (χ0v) is 22.4. The van der Waals surface area contributed by atoms with Gasteiger partial charge in [-0.1, -0.05) is 0 Å². The van der Waals surface area contributed by atoms with Crippen molar-refractivity contribution in [2.45, 2.75) is 79.6 Å². The predicted octanol–water partition coefficient (Wildman–Crippen LogP) is 5.44. The Hall–Kier alpha value is -2.90. The minimum Gasteiger partial charge on any atom is -0.355 e. The van der Waals surface area contributed by atoms with Gasteiger partial charge < -0.3 is 15.6 Å². The van der Waals surface area contributed by atoms with Crippen LogP contribution in [0.1, 0.15) is 55.4 Å². The van der Waals surface area contributed by atoms with Crippen LogP contribution in [0, 0.1) is 0 Å². The van der Waals surface area contributed by atoms with E-state index in [1.54, 1.807) is 0 Å². The summed E-state index contributed by atoms with van der Waals surface area (Å²) in [5.74, 6) is -0.0567. The molecule has 0 aliphatic heterocycles. The molecule has 1 aromatic heterocycles. The average molecular weight is 480 g/mol. The Labute approximate surface area is 209 Å². The Bertz CT molecular complexity index is 1070. The molecule has 0 fully saturated rings. The van der Waals surface area contributed by atoms with E-state index in [1.807, 2.05) is 36.4 Å². The molecule has 35 heavy (non-hydrogen) atoms. The Morgan fingerprint density at radius 2 is 1.00 bits per heavy atom. The highest BCUT2D eigenvalue weighted by Crippen LogP contribution is 2.30. The van der Waals surface area contributed by atoms with Crippen LogP contribution in [0.15, 0.2) is 36.4 Å². The van der Waals surface area contributed by atoms with Crippen molar-refractivity contribution in [1.29, 1.82) is 0 Å². The minimum absolute atomic E-state index is 0.0283. The van der Waals surface area contributed by atoms with Crippen molar-refractivity contribution in [2.24, 2.45) is 0 Å². The Morgan fingerprint density at radius 3 is 1.31 bits per heavy atom. The van der Waals surface area contributed by atoms with Crippen molar-refractivity contribution >= 4 is 45.0 Å². The van der Waals surface area contributed by atoms with Crippen LogP contribution in [-0.4, -0.2) is 63.9 Å². The molecular weight excluding hydrogens is 438 g/mol. The van der Waals surface area contributed by atoms with E-state index in [4.69, 9.17) is 0 Å². The first-order chi connectivity index (χ1) is 16.5. The molecule has 0 radical (unpaired) electrons. The van der Waals surface area contributed by atoms with Crippen molar-refractivity contribution < 1.29 is 9.59 Å². The summed E-state index contributed by atoms with van der Waals surface area (Å²) in [5.41, 5.74) is 3.49. The highest BCUT2D eigenvalue weighted by atomic mass is 16.2. The number of nitrogens with zero attached hydrogens (tertiary/aromatic N) is 2. The molecule has 7 nitrogen and oxygen atoms in total. The second-order valence-electron chi connectivity index (χ2n) is 10.5. The maximum Gasteiger partial charge on any atom is 0.238 e. The molecule has 2 aromatic carbocycles. The van der Waals surface area contributed by atoms with Crippen LogP contribution in [0.4, 0.5) is 11.4 Å². The van der Waals surface area contributed by atoms with E-state index in [1.165, 1.54) is 0 Å². The standard InChI is InChI=1S/C28H41N5O2/c1-17(2)32(18(3)4)15-27(34)29-21-9-11-25-23(13-21)24-14-22(10-12-26(24)31-25)30-28(35)16-33(19(5)6)20(7)8/h9-14,17-20,31H,15-16H2,1-8H3,(H,29,34)(H,30,35). The molecule has 0 spiro atoms. The van der Waals surface area contributed by atoms with Gasteiger partial charge in [-0.3, -0.25) is 19.4 Å². The van der Waals surface area contributed by atoms with Crippen LogP contribution >= 0.6 is 0 Å². The third kappa shape index (κ3) is 6.61. The number of rotatable bonds is 10. The van der Waals surface area contributed by atoms with Gasteiger partial charge in [0.1, 0.15) is 0 Å². The quantitative estimate of drug-likeness (QED) is 0.362. The lowest BCUT2D eigenvalue weighted by Crippen LogP contribution is -2.42. The van der Waals surface area contributed by atoms with Gasteiger partial charge >= 0.3 is 0 Å². The number of hydrogen-bond acceptors (Lipinski definition) is 4. The van der Waals surface area contributed by atoms with Crippen molar-refractivity contribution in [1.82, 2.24) is 14.8 Å². The molecule has 1 heterocycles. The minimum atomic E-state index is -0.0283. The number of aromatic nitrogens is 1. The number of nitrogens with one attached hydrogen (secondary N) is 3. The lowest BCUT2D eigenvalue weighted by atomic mass is 10.1. The topological polar surface area (TPSA) is 80.5 Å². The second kappa shape index (κ2) is 11.2. The van der Waals surface area contributed by atoms with E-state index in [0.29, 0.717) is 37.3 Å². The molecule has 0 bridgehead atoms. The van der Waals surface area contributed by atoms with E-state index in [2.05, 4.69) is 80.8 Å². The summed E-state index contributed by atoms with van der Waals surface area (Å²) in [4.78, 5) is 33.2. The first-order valence-corrected chi connectivity index (χ1v) is 12.6. The molecule has 0 saturated carbocycles. The number of fused-ring (bicyclic) bond motifs is 3. The molecule has 0 atom stereocenters. The molecule has 3 N–H and O–H groups in total. The van der Waals surface area contributed by atoms with E-state index in [-0.39, 0.29) is 11.8 Å². The van der Waals surface area contributed by atoms with Crippen molar-refractivity contribution in [3.05, 3.63) is 36.4 Å². The SMILES string of the molecule is CC(C)N(CC(=O)Nc1ccc2[nH]c3ccc(NC(=O)CN(C(C)C)C(C)C)cc3c2c1)C(C)C. The molecule has 3 aromatic rings. The second-order valence-corrected chi connectivity index (χ2v) is 10.5. The predicted molar refractivity (Wildman–Crippen MR) is 147 cm³/mol. The third-order valence-corrected chi connectivity index (χ3v) is 6.47. The summed E-state index contributed by atoms with van der Waals surface area (Å²) in [6.45, 7) is 17.5. The normalized spacial score (nSPS) is 12.3. The summed E-state index contributed by atoms with van der Waals surface area (Å²) in [7, 11) is 0. The monoisotopic (exact) mass is 479 g/mol. The summed E-state index contributed by atoms with van der Waals surface area (Å²) in [6, 6.07) is 12.9. The van der Waals surface area contributed by atoms with Gasteiger partial charge in [0.15, 0.2) is 0 Å². The van der Waals surface area contributed by atoms with E-state index >= 15 is 0 Å². The molecule has 190 valence electrons. The zero-order valence-electron chi connectivity index (χ0n) is 22.4. The first kappa shape index (κ1) is 26.7. The van der Waals surface area contributed by atoms with Crippen molar-refractivity contribution in [3.8, 4) is 0 Å². The molecule has 7 heteroatoms. The van der Waals surface area contributed by atoms with Crippen LogP contribution in [0.2, 0.25) is 0 Å². The van der Waals surface area contributed by atoms with Gasteiger partial charge in [-0.05, 0) is 91.8 Å². The Balaban J connectivity index is 1.80. The van der Waals surface area contributed by atoms with Gasteiger partial charge in [0, 0.05) is 57.3 Å². The van der Waals surface area contributed by atoms with Gasteiger partial charge in [0.05, 0.1) is 13.1 Å². The fourth-order valence-corrected chi connectivity index (χ4v) is 4.71. The van der Waals surface area contributed by atoms with Crippen LogP contribution < -0.4 is 10.6 Å². The number of benzene rings is 2. The van der Waals surface area contributed by atoms with Gasteiger partial charge in [0.25, 0.3) is 0 Å². The van der Waals surface area contributed by atoms with E-state index < -0.39 is 0 Å². The fraction of sp³-hybridized carbons (Fsp3) is 0.500. The molecule has 0 saturated heterocycles. The molecular formula is C28H41N5O2. The van der Waals surface area contributed by atoms with Gasteiger partial charge in [-0.15, -0.1) is 0 Å². The molecule has 0 unspecified atom stereocenters. The zero-order chi connectivity index (χ0) is 25.9. The van der Waals surface area contributed by atoms with Crippen LogP contribution in [-0.2, 0) is 9.59 Å². The lowest BCUT2D eigenvalue weighted by Gasteiger charge is -2.29. The fourth-order valence-electron chi connectivity index (χ4n) is 4.71. The average Bonchev–Trinajstić information content (AvgIpc) is 3.12. The molecule has 3 rings (SSSR count). The highest BCUT2D eigenvalue weighted by molar-refractivity contribution is 6.10. The van der Waals surface area contributed by atoms with Crippen molar-refractivity contribution in [2.75, 3.05) is 23.7 Å². The van der Waals surface area contributed by atoms with Gasteiger partial charge in [0.2, 0.25) is 11.8 Å². The number of carbonyl (C=O) groups is 2. The van der Waals surface area contributed by atoms with Crippen LogP contribution in [0.5, 0.6) is 0 Å². The summed E-state index contributed by atoms with van der Waals surface area (Å²) < 4.78 is 0.